The molecular weight excluding hydrogens is 537 g/mol. The number of nitrogens with zero attached hydrogens (tertiary/aromatic N) is 2. The maximum atomic E-state index is 12.6. The van der Waals surface area contributed by atoms with Crippen LogP contribution in [0.25, 0.3) is 20.8 Å². The number of rotatable bonds is 9. The number of hydrogen-bond donors (Lipinski definition) is 2. The van der Waals surface area contributed by atoms with Crippen LogP contribution in [0, 0.1) is 6.92 Å². The van der Waals surface area contributed by atoms with Crippen molar-refractivity contribution in [1.82, 2.24) is 9.97 Å². The molecule has 2 heterocycles. The second-order valence-corrected chi connectivity index (χ2v) is 11.6. The molecule has 5 aromatic rings. The van der Waals surface area contributed by atoms with E-state index in [-0.39, 0.29) is 24.0 Å². The Morgan fingerprint density at radius 3 is 2.37 bits per heavy atom. The number of hydrogen-bond acceptors (Lipinski definition) is 8. The second kappa shape index (κ2) is 11.8. The Balaban J connectivity index is 1.10. The first-order valence-electron chi connectivity index (χ1n) is 11.7. The monoisotopic (exact) mass is 560 g/mol. The number of fused-ring (bicyclic) bond motifs is 1. The van der Waals surface area contributed by atoms with Gasteiger partial charge in [0.25, 0.3) is 0 Å². The van der Waals surface area contributed by atoms with Gasteiger partial charge in [-0.25, -0.2) is 9.97 Å². The van der Waals surface area contributed by atoms with Crippen molar-refractivity contribution in [2.24, 2.45) is 0 Å². The highest BCUT2D eigenvalue weighted by Gasteiger charge is 2.12. The molecule has 0 saturated carbocycles. The SMILES string of the molecule is COc1ccc(NC(=O)CSc2nc(CC(=O)Nc3ccc(-c4nc5ccc(C)cc5s4)cc3)cs2)cc1. The molecule has 2 N–H and O–H groups in total. The summed E-state index contributed by atoms with van der Waals surface area (Å²) < 4.78 is 7.03. The van der Waals surface area contributed by atoms with E-state index in [1.807, 2.05) is 35.7 Å². The van der Waals surface area contributed by atoms with E-state index in [4.69, 9.17) is 9.72 Å². The Labute approximate surface area is 232 Å². The van der Waals surface area contributed by atoms with E-state index in [0.717, 1.165) is 36.6 Å². The minimum absolute atomic E-state index is 0.126. The minimum Gasteiger partial charge on any atom is -0.497 e. The van der Waals surface area contributed by atoms with Gasteiger partial charge in [0, 0.05) is 22.3 Å². The second-order valence-electron chi connectivity index (χ2n) is 8.46. The third-order valence-electron chi connectivity index (χ3n) is 5.53. The number of aryl methyl sites for hydroxylation is 1. The van der Waals surface area contributed by atoms with Gasteiger partial charge >= 0.3 is 0 Å². The quantitative estimate of drug-likeness (QED) is 0.196. The molecule has 0 aliphatic carbocycles. The van der Waals surface area contributed by atoms with Crippen LogP contribution < -0.4 is 15.4 Å². The number of nitrogens with one attached hydrogen (secondary N) is 2. The molecule has 0 spiro atoms. The first-order valence-corrected chi connectivity index (χ1v) is 14.4. The summed E-state index contributed by atoms with van der Waals surface area (Å²) in [6.45, 7) is 2.07. The van der Waals surface area contributed by atoms with E-state index in [0.29, 0.717) is 11.4 Å². The molecule has 2 amide bonds. The summed E-state index contributed by atoms with van der Waals surface area (Å²) in [5.74, 6) is 0.686. The molecule has 2 aromatic heterocycles. The zero-order valence-corrected chi connectivity index (χ0v) is 23.1. The van der Waals surface area contributed by atoms with Gasteiger partial charge in [-0.05, 0) is 73.2 Å². The van der Waals surface area contributed by atoms with Gasteiger partial charge in [-0.2, -0.15) is 0 Å². The fourth-order valence-electron chi connectivity index (χ4n) is 3.66. The standard InChI is InChI=1S/C28H24N4O3S3/c1-17-3-12-23-24(13-17)38-27(32-23)18-4-6-19(7-5-18)29-25(33)14-21-15-36-28(31-21)37-16-26(34)30-20-8-10-22(35-2)11-9-20/h3-13,15H,14,16H2,1-2H3,(H,29,33)(H,30,34). The summed E-state index contributed by atoms with van der Waals surface area (Å²) in [7, 11) is 1.60. The van der Waals surface area contributed by atoms with Gasteiger partial charge in [-0.3, -0.25) is 9.59 Å². The average Bonchev–Trinajstić information content (AvgIpc) is 3.54. The first-order chi connectivity index (χ1) is 18.4. The summed E-state index contributed by atoms with van der Waals surface area (Å²) in [5.41, 5.74) is 5.32. The Bertz CT molecular complexity index is 1580. The summed E-state index contributed by atoms with van der Waals surface area (Å²) >= 11 is 4.42. The lowest BCUT2D eigenvalue weighted by Crippen LogP contribution is -2.14. The van der Waals surface area contributed by atoms with Crippen LogP contribution in [0.3, 0.4) is 0 Å². The highest BCUT2D eigenvalue weighted by atomic mass is 32.2. The average molecular weight is 561 g/mol. The van der Waals surface area contributed by atoms with Crippen molar-refractivity contribution in [2.45, 2.75) is 17.7 Å². The van der Waals surface area contributed by atoms with Crippen molar-refractivity contribution >= 4 is 67.8 Å². The van der Waals surface area contributed by atoms with E-state index in [1.54, 1.807) is 42.7 Å². The molecule has 0 bridgehead atoms. The molecule has 192 valence electrons. The minimum atomic E-state index is -0.146. The van der Waals surface area contributed by atoms with E-state index >= 15 is 0 Å². The summed E-state index contributed by atoms with van der Waals surface area (Å²) in [4.78, 5) is 34.0. The number of aromatic nitrogens is 2. The molecule has 0 unspecified atom stereocenters. The lowest BCUT2D eigenvalue weighted by Gasteiger charge is -2.05. The Morgan fingerprint density at radius 1 is 0.921 bits per heavy atom. The van der Waals surface area contributed by atoms with Crippen molar-refractivity contribution in [3.05, 3.63) is 83.4 Å². The third-order valence-corrected chi connectivity index (χ3v) is 8.67. The predicted octanol–water partition coefficient (Wildman–Crippen LogP) is 6.65. The van der Waals surface area contributed by atoms with Crippen molar-refractivity contribution in [2.75, 3.05) is 23.5 Å². The van der Waals surface area contributed by atoms with Crippen molar-refractivity contribution in [1.29, 1.82) is 0 Å². The number of thiazole rings is 2. The Morgan fingerprint density at radius 2 is 1.63 bits per heavy atom. The van der Waals surface area contributed by atoms with Gasteiger partial charge in [-0.1, -0.05) is 17.8 Å². The fourth-order valence-corrected chi connectivity index (χ4v) is 6.37. The molecule has 7 nitrogen and oxygen atoms in total. The van der Waals surface area contributed by atoms with Gasteiger partial charge in [0.05, 0.1) is 35.2 Å². The zero-order valence-electron chi connectivity index (χ0n) is 20.7. The topological polar surface area (TPSA) is 93.2 Å². The van der Waals surface area contributed by atoms with Gasteiger partial charge in [0.2, 0.25) is 11.8 Å². The molecule has 5 rings (SSSR count). The van der Waals surface area contributed by atoms with Crippen LogP contribution in [0.4, 0.5) is 11.4 Å². The molecule has 38 heavy (non-hydrogen) atoms. The summed E-state index contributed by atoms with van der Waals surface area (Å²) in [6.07, 6.45) is 0.161. The van der Waals surface area contributed by atoms with Gasteiger partial charge in [0.1, 0.15) is 10.8 Å². The molecule has 0 atom stereocenters. The van der Waals surface area contributed by atoms with Crippen LogP contribution in [0.15, 0.2) is 76.4 Å². The van der Waals surface area contributed by atoms with Crippen LogP contribution in [0.1, 0.15) is 11.3 Å². The van der Waals surface area contributed by atoms with Gasteiger partial charge < -0.3 is 15.4 Å². The number of thioether (sulfide) groups is 1. The van der Waals surface area contributed by atoms with E-state index in [9.17, 15) is 9.59 Å². The Hall–Kier alpha value is -3.73. The number of methoxy groups -OCH3 is 1. The molecule has 0 radical (unpaired) electrons. The number of amides is 2. The predicted molar refractivity (Wildman–Crippen MR) is 157 cm³/mol. The highest BCUT2D eigenvalue weighted by molar-refractivity contribution is 8.01. The molecule has 0 aliphatic rings. The van der Waals surface area contributed by atoms with Crippen LogP contribution in [-0.4, -0.2) is 34.6 Å². The lowest BCUT2D eigenvalue weighted by atomic mass is 10.2. The molecule has 0 fully saturated rings. The molecule has 3 aromatic carbocycles. The first kappa shape index (κ1) is 25.9. The van der Waals surface area contributed by atoms with E-state index in [2.05, 4.69) is 34.7 Å². The van der Waals surface area contributed by atoms with Gasteiger partial charge in [0.15, 0.2) is 4.34 Å². The molecule has 10 heteroatoms. The third kappa shape index (κ3) is 6.58. The van der Waals surface area contributed by atoms with Crippen molar-refractivity contribution < 1.29 is 14.3 Å². The maximum absolute atomic E-state index is 12.6. The highest BCUT2D eigenvalue weighted by Crippen LogP contribution is 2.31. The fraction of sp³-hybridized carbons (Fsp3) is 0.143. The largest absolute Gasteiger partial charge is 0.497 e. The van der Waals surface area contributed by atoms with Crippen LogP contribution >= 0.6 is 34.4 Å². The van der Waals surface area contributed by atoms with Crippen molar-refractivity contribution in [3.8, 4) is 16.3 Å². The van der Waals surface area contributed by atoms with Crippen LogP contribution in [0.5, 0.6) is 5.75 Å². The number of carbonyl (C=O) groups excluding carboxylic acids is 2. The maximum Gasteiger partial charge on any atom is 0.234 e. The molecule has 0 saturated heterocycles. The molecular formula is C28H24N4O3S3. The normalized spacial score (nSPS) is 10.9. The van der Waals surface area contributed by atoms with Crippen LogP contribution in [-0.2, 0) is 16.0 Å². The lowest BCUT2D eigenvalue weighted by molar-refractivity contribution is -0.116. The number of carbonyl (C=O) groups is 2. The summed E-state index contributed by atoms with van der Waals surface area (Å²) in [5, 5.41) is 8.57. The Kier molecular flexibility index (Phi) is 8.02. The number of anilines is 2. The molecule has 0 aliphatic heterocycles. The number of benzene rings is 3. The van der Waals surface area contributed by atoms with Crippen LogP contribution in [0.2, 0.25) is 0 Å². The smallest absolute Gasteiger partial charge is 0.234 e. The van der Waals surface area contributed by atoms with E-state index in [1.165, 1.54) is 28.7 Å². The van der Waals surface area contributed by atoms with Crippen molar-refractivity contribution in [3.63, 3.8) is 0 Å². The summed E-state index contributed by atoms with van der Waals surface area (Å²) in [6, 6.07) is 21.1. The zero-order chi connectivity index (χ0) is 26.5. The number of ether oxygens (including phenoxy) is 1. The van der Waals surface area contributed by atoms with E-state index < -0.39 is 0 Å². The van der Waals surface area contributed by atoms with Gasteiger partial charge in [-0.15, -0.1) is 22.7 Å².